The SMILES string of the molecule is CC(c1cc(C(F)(F)F)c2cn(-c3cccc(CCOCCCc4nncn4C)c3)c(=O)n2c1)N1CCC(C)(F)CC1. The second-order valence-corrected chi connectivity index (χ2v) is 11.3. The number of fused-ring (bicyclic) bond motifs is 1. The summed E-state index contributed by atoms with van der Waals surface area (Å²) in [5, 5.41) is 7.91. The van der Waals surface area contributed by atoms with Gasteiger partial charge in [-0.3, -0.25) is 13.9 Å². The molecule has 1 aliphatic rings. The lowest BCUT2D eigenvalue weighted by Gasteiger charge is -2.38. The number of benzene rings is 1. The topological polar surface area (TPSA) is 69.6 Å². The molecule has 1 saturated heterocycles. The van der Waals surface area contributed by atoms with Crippen LogP contribution < -0.4 is 5.69 Å². The van der Waals surface area contributed by atoms with Gasteiger partial charge in [-0.2, -0.15) is 13.2 Å². The fourth-order valence-corrected chi connectivity index (χ4v) is 5.46. The highest BCUT2D eigenvalue weighted by Crippen LogP contribution is 2.36. The summed E-state index contributed by atoms with van der Waals surface area (Å²) in [6.45, 7) is 5.24. The van der Waals surface area contributed by atoms with E-state index in [1.54, 1.807) is 38.4 Å². The quantitative estimate of drug-likeness (QED) is 0.186. The van der Waals surface area contributed by atoms with Crippen LogP contribution in [0.4, 0.5) is 17.6 Å². The van der Waals surface area contributed by atoms with Crippen LogP contribution >= 0.6 is 0 Å². The van der Waals surface area contributed by atoms with E-state index < -0.39 is 29.1 Å². The fourth-order valence-electron chi connectivity index (χ4n) is 5.46. The normalized spacial score (nSPS) is 16.7. The number of halogens is 4. The molecular formula is C30H36F4N6O2. The van der Waals surface area contributed by atoms with E-state index in [2.05, 4.69) is 10.2 Å². The average Bonchev–Trinajstić information content (AvgIpc) is 3.51. The Bertz CT molecular complexity index is 1580. The molecule has 1 aliphatic heterocycles. The van der Waals surface area contributed by atoms with Crippen LogP contribution in [0.3, 0.4) is 0 Å². The molecule has 0 amide bonds. The summed E-state index contributed by atoms with van der Waals surface area (Å²) in [5.74, 6) is 0.891. The summed E-state index contributed by atoms with van der Waals surface area (Å²) in [7, 11) is 1.89. The summed E-state index contributed by atoms with van der Waals surface area (Å²) >= 11 is 0. The van der Waals surface area contributed by atoms with Crippen LogP contribution in [0.1, 0.15) is 61.7 Å². The van der Waals surface area contributed by atoms with Crippen molar-refractivity contribution in [3.63, 3.8) is 0 Å². The van der Waals surface area contributed by atoms with Gasteiger partial charge in [0, 0.05) is 51.6 Å². The molecule has 1 unspecified atom stereocenters. The molecule has 1 fully saturated rings. The second kappa shape index (κ2) is 12.0. The largest absolute Gasteiger partial charge is 0.418 e. The molecule has 0 bridgehead atoms. The van der Waals surface area contributed by atoms with Crippen LogP contribution in [0.25, 0.3) is 11.2 Å². The number of alkyl halides is 4. The highest BCUT2D eigenvalue weighted by molar-refractivity contribution is 5.58. The van der Waals surface area contributed by atoms with Gasteiger partial charge >= 0.3 is 11.9 Å². The van der Waals surface area contributed by atoms with E-state index >= 15 is 0 Å². The standard InChI is InChI=1S/C30H36F4N6O2/c1-21(38-12-10-29(2,31)11-13-38)23-17-25(30(32,33)34)26-19-39(28(41)40(26)18-23)24-7-4-6-22(16-24)9-15-42-14-5-8-27-36-35-20-37(27)3/h4,6-7,16-21H,5,8-15H2,1-3H3. The van der Waals surface area contributed by atoms with Crippen molar-refractivity contribution in [2.24, 2.45) is 7.05 Å². The summed E-state index contributed by atoms with van der Waals surface area (Å²) < 4.78 is 67.0. The monoisotopic (exact) mass is 588 g/mol. The zero-order valence-corrected chi connectivity index (χ0v) is 24.1. The van der Waals surface area contributed by atoms with Crippen LogP contribution in [0.15, 0.2) is 53.8 Å². The number of aromatic nitrogens is 5. The predicted molar refractivity (Wildman–Crippen MR) is 151 cm³/mol. The highest BCUT2D eigenvalue weighted by Gasteiger charge is 2.36. The molecule has 3 aromatic heterocycles. The summed E-state index contributed by atoms with van der Waals surface area (Å²) in [6.07, 6.45) is 2.49. The minimum absolute atomic E-state index is 0.213. The second-order valence-electron chi connectivity index (χ2n) is 11.3. The van der Waals surface area contributed by atoms with Gasteiger partial charge in [0.15, 0.2) is 0 Å². The first kappa shape index (κ1) is 30.0. The third kappa shape index (κ3) is 6.59. The van der Waals surface area contributed by atoms with Crippen molar-refractivity contribution in [1.29, 1.82) is 0 Å². The van der Waals surface area contributed by atoms with Crippen LogP contribution in [0, 0.1) is 0 Å². The van der Waals surface area contributed by atoms with E-state index in [-0.39, 0.29) is 5.52 Å². The zero-order chi connectivity index (χ0) is 30.1. The smallest absolute Gasteiger partial charge is 0.381 e. The molecule has 1 aromatic carbocycles. The van der Waals surface area contributed by atoms with E-state index in [4.69, 9.17) is 4.74 Å². The first-order chi connectivity index (χ1) is 19.9. The number of ether oxygens (including phenoxy) is 1. The Balaban J connectivity index is 1.33. The van der Waals surface area contributed by atoms with Crippen molar-refractivity contribution in [3.05, 3.63) is 82.1 Å². The van der Waals surface area contributed by atoms with Crippen molar-refractivity contribution < 1.29 is 22.3 Å². The lowest BCUT2D eigenvalue weighted by Crippen LogP contribution is -2.41. The lowest BCUT2D eigenvalue weighted by atomic mass is 9.93. The Morgan fingerprint density at radius 2 is 1.86 bits per heavy atom. The number of aryl methyl sites for hydroxylation is 2. The molecule has 4 heterocycles. The first-order valence-corrected chi connectivity index (χ1v) is 14.2. The Morgan fingerprint density at radius 3 is 2.55 bits per heavy atom. The summed E-state index contributed by atoms with van der Waals surface area (Å²) in [4.78, 5) is 15.4. The van der Waals surface area contributed by atoms with E-state index in [9.17, 15) is 22.4 Å². The minimum Gasteiger partial charge on any atom is -0.381 e. The fraction of sp³-hybridized carbons (Fsp3) is 0.500. The number of imidazole rings is 1. The maximum absolute atomic E-state index is 14.3. The van der Waals surface area contributed by atoms with Crippen LogP contribution in [-0.2, 0) is 30.8 Å². The van der Waals surface area contributed by atoms with E-state index in [1.165, 1.54) is 17.0 Å². The predicted octanol–water partition coefficient (Wildman–Crippen LogP) is 5.31. The third-order valence-corrected chi connectivity index (χ3v) is 8.18. The zero-order valence-electron chi connectivity index (χ0n) is 24.1. The molecule has 5 rings (SSSR count). The molecule has 1 atom stereocenters. The van der Waals surface area contributed by atoms with E-state index in [1.807, 2.05) is 22.6 Å². The molecule has 12 heteroatoms. The number of piperidine rings is 1. The Hall–Kier alpha value is -3.51. The molecule has 0 aliphatic carbocycles. The minimum atomic E-state index is -4.66. The summed E-state index contributed by atoms with van der Waals surface area (Å²) in [5.41, 5.74) is -1.21. The number of rotatable bonds is 10. The van der Waals surface area contributed by atoms with Gasteiger partial charge in [0.2, 0.25) is 0 Å². The van der Waals surface area contributed by atoms with Gasteiger partial charge in [0.25, 0.3) is 0 Å². The van der Waals surface area contributed by atoms with Crippen molar-refractivity contribution in [1.82, 2.24) is 28.6 Å². The number of pyridine rings is 1. The molecule has 42 heavy (non-hydrogen) atoms. The molecule has 4 aromatic rings. The van der Waals surface area contributed by atoms with Gasteiger partial charge in [0.05, 0.1) is 23.4 Å². The third-order valence-electron chi connectivity index (χ3n) is 8.18. The van der Waals surface area contributed by atoms with E-state index in [0.29, 0.717) is 56.8 Å². The first-order valence-electron chi connectivity index (χ1n) is 14.2. The molecule has 0 spiro atoms. The maximum atomic E-state index is 14.3. The molecular weight excluding hydrogens is 552 g/mol. The van der Waals surface area contributed by atoms with Gasteiger partial charge < -0.3 is 9.30 Å². The van der Waals surface area contributed by atoms with E-state index in [0.717, 1.165) is 34.7 Å². The Morgan fingerprint density at radius 1 is 1.10 bits per heavy atom. The summed E-state index contributed by atoms with van der Waals surface area (Å²) in [6, 6.07) is 7.87. The molecule has 0 radical (unpaired) electrons. The van der Waals surface area contributed by atoms with Gasteiger partial charge in [0.1, 0.15) is 17.8 Å². The Labute approximate surface area is 241 Å². The van der Waals surface area contributed by atoms with Gasteiger partial charge in [-0.05, 0) is 68.9 Å². The average molecular weight is 589 g/mol. The molecule has 226 valence electrons. The number of likely N-dealkylation sites (tertiary alicyclic amines) is 1. The maximum Gasteiger partial charge on any atom is 0.418 e. The highest BCUT2D eigenvalue weighted by atomic mass is 19.4. The van der Waals surface area contributed by atoms with Crippen molar-refractivity contribution in [2.45, 2.75) is 63.8 Å². The number of nitrogens with zero attached hydrogens (tertiary/aromatic N) is 6. The van der Waals surface area contributed by atoms with Crippen LogP contribution in [0.2, 0.25) is 0 Å². The Kier molecular flexibility index (Phi) is 8.56. The lowest BCUT2D eigenvalue weighted by molar-refractivity contribution is -0.136. The van der Waals surface area contributed by atoms with Crippen LogP contribution in [0.5, 0.6) is 0 Å². The molecule has 0 N–H and O–H groups in total. The van der Waals surface area contributed by atoms with Crippen molar-refractivity contribution in [3.8, 4) is 5.69 Å². The van der Waals surface area contributed by atoms with Crippen molar-refractivity contribution >= 4 is 5.52 Å². The number of hydrogen-bond acceptors (Lipinski definition) is 5. The number of hydrogen-bond donors (Lipinski definition) is 0. The van der Waals surface area contributed by atoms with Gasteiger partial charge in [-0.1, -0.05) is 12.1 Å². The molecule has 0 saturated carbocycles. The van der Waals surface area contributed by atoms with Crippen molar-refractivity contribution in [2.75, 3.05) is 26.3 Å². The van der Waals surface area contributed by atoms with Crippen LogP contribution in [-0.4, -0.2) is 60.6 Å². The van der Waals surface area contributed by atoms with Gasteiger partial charge in [-0.15, -0.1) is 10.2 Å². The molecule has 8 nitrogen and oxygen atoms in total. The van der Waals surface area contributed by atoms with Gasteiger partial charge in [-0.25, -0.2) is 9.18 Å².